The van der Waals surface area contributed by atoms with E-state index in [2.05, 4.69) is 25.9 Å². The number of hydrogen-bond donors (Lipinski definition) is 1. The SMILES string of the molecule is COc1cc(Br)c2nc(-c3cc(OC)c(OC)c(OC)c3)[nH]c2c1. The normalized spacial score (nSPS) is 10.7. The summed E-state index contributed by atoms with van der Waals surface area (Å²) in [7, 11) is 6.37. The highest BCUT2D eigenvalue weighted by Gasteiger charge is 2.17. The third kappa shape index (κ3) is 2.75. The summed E-state index contributed by atoms with van der Waals surface area (Å²) in [6, 6.07) is 7.48. The Balaban J connectivity index is 2.18. The van der Waals surface area contributed by atoms with E-state index in [1.54, 1.807) is 28.4 Å². The zero-order chi connectivity index (χ0) is 17.3. The fraction of sp³-hybridized carbons (Fsp3) is 0.235. The predicted octanol–water partition coefficient (Wildman–Crippen LogP) is 4.03. The molecular formula is C17H17BrN2O4. The Labute approximate surface area is 147 Å². The number of nitrogens with one attached hydrogen (secondary N) is 1. The third-order valence-electron chi connectivity index (χ3n) is 3.69. The lowest BCUT2D eigenvalue weighted by Crippen LogP contribution is -1.96. The standard InChI is InChI=1S/C17H17BrN2O4/c1-21-10-7-11(18)15-12(8-10)19-17(20-15)9-5-13(22-2)16(24-4)14(6-9)23-3/h5-8H,1-4H3,(H,19,20). The van der Waals surface area contributed by atoms with Gasteiger partial charge < -0.3 is 23.9 Å². The van der Waals surface area contributed by atoms with Gasteiger partial charge in [-0.2, -0.15) is 0 Å². The molecule has 1 aromatic heterocycles. The largest absolute Gasteiger partial charge is 0.497 e. The number of aromatic nitrogens is 2. The molecule has 0 amide bonds. The van der Waals surface area contributed by atoms with Gasteiger partial charge in [0.1, 0.15) is 17.1 Å². The number of imidazole rings is 1. The highest BCUT2D eigenvalue weighted by atomic mass is 79.9. The topological polar surface area (TPSA) is 65.6 Å². The van der Waals surface area contributed by atoms with E-state index in [1.165, 1.54) is 0 Å². The average molecular weight is 393 g/mol. The summed E-state index contributed by atoms with van der Waals surface area (Å²) in [4.78, 5) is 7.95. The lowest BCUT2D eigenvalue weighted by Gasteiger charge is -2.13. The highest BCUT2D eigenvalue weighted by Crippen LogP contribution is 2.41. The van der Waals surface area contributed by atoms with Gasteiger partial charge in [-0.3, -0.25) is 0 Å². The van der Waals surface area contributed by atoms with Crippen LogP contribution < -0.4 is 18.9 Å². The Morgan fingerprint density at radius 3 is 2.08 bits per heavy atom. The molecule has 0 saturated carbocycles. The number of aromatic amines is 1. The number of nitrogens with zero attached hydrogens (tertiary/aromatic N) is 1. The van der Waals surface area contributed by atoms with E-state index in [0.717, 1.165) is 26.8 Å². The molecule has 0 fully saturated rings. The second kappa shape index (κ2) is 6.60. The van der Waals surface area contributed by atoms with Crippen LogP contribution in [0.4, 0.5) is 0 Å². The fourth-order valence-electron chi connectivity index (χ4n) is 2.52. The minimum Gasteiger partial charge on any atom is -0.497 e. The number of hydrogen-bond acceptors (Lipinski definition) is 5. The summed E-state index contributed by atoms with van der Waals surface area (Å²) in [5.74, 6) is 3.13. The number of methoxy groups -OCH3 is 4. The number of ether oxygens (including phenoxy) is 4. The van der Waals surface area contributed by atoms with Crippen LogP contribution in [0.25, 0.3) is 22.4 Å². The molecule has 126 valence electrons. The van der Waals surface area contributed by atoms with Crippen molar-refractivity contribution in [2.45, 2.75) is 0 Å². The van der Waals surface area contributed by atoms with E-state index in [-0.39, 0.29) is 0 Å². The molecular weight excluding hydrogens is 376 g/mol. The summed E-state index contributed by atoms with van der Waals surface area (Å²) in [5.41, 5.74) is 2.51. The lowest BCUT2D eigenvalue weighted by atomic mass is 10.1. The Morgan fingerprint density at radius 2 is 1.54 bits per heavy atom. The van der Waals surface area contributed by atoms with Crippen LogP contribution in [0.1, 0.15) is 0 Å². The summed E-state index contributed by atoms with van der Waals surface area (Å²) < 4.78 is 22.3. The van der Waals surface area contributed by atoms with Gasteiger partial charge in [0.25, 0.3) is 0 Å². The maximum absolute atomic E-state index is 5.40. The number of H-pyrrole nitrogens is 1. The Bertz CT molecular complexity index is 867. The van der Waals surface area contributed by atoms with Crippen LogP contribution in [-0.4, -0.2) is 38.4 Å². The molecule has 0 aliphatic carbocycles. The van der Waals surface area contributed by atoms with Gasteiger partial charge in [0.05, 0.1) is 34.0 Å². The monoisotopic (exact) mass is 392 g/mol. The number of benzene rings is 2. The van der Waals surface area contributed by atoms with Crippen molar-refractivity contribution < 1.29 is 18.9 Å². The Kier molecular flexibility index (Phi) is 4.53. The van der Waals surface area contributed by atoms with E-state index >= 15 is 0 Å². The zero-order valence-electron chi connectivity index (χ0n) is 13.8. The molecule has 24 heavy (non-hydrogen) atoms. The quantitative estimate of drug-likeness (QED) is 0.709. The van der Waals surface area contributed by atoms with Gasteiger partial charge in [-0.15, -0.1) is 0 Å². The molecule has 6 nitrogen and oxygen atoms in total. The van der Waals surface area contributed by atoms with Crippen molar-refractivity contribution in [3.63, 3.8) is 0 Å². The molecule has 0 saturated heterocycles. The first-order chi connectivity index (χ1) is 11.6. The number of fused-ring (bicyclic) bond motifs is 1. The molecule has 1 heterocycles. The molecule has 0 radical (unpaired) electrons. The van der Waals surface area contributed by atoms with Gasteiger partial charge in [-0.25, -0.2) is 4.98 Å². The molecule has 1 N–H and O–H groups in total. The van der Waals surface area contributed by atoms with Crippen LogP contribution in [0.5, 0.6) is 23.0 Å². The summed E-state index contributed by atoms with van der Waals surface area (Å²) in [5, 5.41) is 0. The molecule has 3 rings (SSSR count). The van der Waals surface area contributed by atoms with Crippen LogP contribution >= 0.6 is 15.9 Å². The van der Waals surface area contributed by atoms with Crippen molar-refractivity contribution >= 4 is 27.0 Å². The second-order valence-corrected chi connectivity index (χ2v) is 5.86. The molecule has 3 aromatic rings. The van der Waals surface area contributed by atoms with Gasteiger partial charge in [0, 0.05) is 16.1 Å². The maximum Gasteiger partial charge on any atom is 0.203 e. The molecule has 0 aliphatic heterocycles. The van der Waals surface area contributed by atoms with Crippen molar-refractivity contribution in [1.29, 1.82) is 0 Å². The molecule has 0 aliphatic rings. The number of halogens is 1. The summed E-state index contributed by atoms with van der Waals surface area (Å²) in [6.45, 7) is 0. The second-order valence-electron chi connectivity index (χ2n) is 5.00. The minimum atomic E-state index is 0.544. The van der Waals surface area contributed by atoms with E-state index < -0.39 is 0 Å². The van der Waals surface area contributed by atoms with Gasteiger partial charge >= 0.3 is 0 Å². The van der Waals surface area contributed by atoms with Gasteiger partial charge in [0.15, 0.2) is 11.5 Å². The molecule has 0 bridgehead atoms. The van der Waals surface area contributed by atoms with Crippen LogP contribution in [0.3, 0.4) is 0 Å². The molecule has 7 heteroatoms. The minimum absolute atomic E-state index is 0.544. The molecule has 0 unspecified atom stereocenters. The van der Waals surface area contributed by atoms with Crippen molar-refractivity contribution in [3.05, 3.63) is 28.7 Å². The van der Waals surface area contributed by atoms with Crippen LogP contribution in [0, 0.1) is 0 Å². The van der Waals surface area contributed by atoms with Gasteiger partial charge in [0.2, 0.25) is 5.75 Å². The van der Waals surface area contributed by atoms with Crippen LogP contribution in [0.2, 0.25) is 0 Å². The molecule has 0 atom stereocenters. The third-order valence-corrected chi connectivity index (χ3v) is 4.29. The maximum atomic E-state index is 5.40. The van der Waals surface area contributed by atoms with Crippen LogP contribution in [0.15, 0.2) is 28.7 Å². The van der Waals surface area contributed by atoms with E-state index in [0.29, 0.717) is 23.1 Å². The van der Waals surface area contributed by atoms with E-state index in [9.17, 15) is 0 Å². The lowest BCUT2D eigenvalue weighted by molar-refractivity contribution is 0.324. The summed E-state index contributed by atoms with van der Waals surface area (Å²) >= 11 is 3.52. The smallest absolute Gasteiger partial charge is 0.203 e. The highest BCUT2D eigenvalue weighted by molar-refractivity contribution is 9.10. The zero-order valence-corrected chi connectivity index (χ0v) is 15.4. The first kappa shape index (κ1) is 16.4. The Morgan fingerprint density at radius 1 is 0.875 bits per heavy atom. The predicted molar refractivity (Wildman–Crippen MR) is 95.4 cm³/mol. The average Bonchev–Trinajstić information content (AvgIpc) is 3.04. The van der Waals surface area contributed by atoms with Gasteiger partial charge in [-0.1, -0.05) is 0 Å². The van der Waals surface area contributed by atoms with E-state index in [1.807, 2.05) is 24.3 Å². The summed E-state index contributed by atoms with van der Waals surface area (Å²) in [6.07, 6.45) is 0. The van der Waals surface area contributed by atoms with Crippen molar-refractivity contribution in [2.24, 2.45) is 0 Å². The molecule has 0 spiro atoms. The fourth-order valence-corrected chi connectivity index (χ4v) is 3.05. The first-order valence-electron chi connectivity index (χ1n) is 7.15. The van der Waals surface area contributed by atoms with Crippen molar-refractivity contribution in [3.8, 4) is 34.4 Å². The van der Waals surface area contributed by atoms with Crippen molar-refractivity contribution in [1.82, 2.24) is 9.97 Å². The van der Waals surface area contributed by atoms with E-state index in [4.69, 9.17) is 18.9 Å². The Hall–Kier alpha value is -2.41. The molecule has 2 aromatic carbocycles. The number of rotatable bonds is 5. The van der Waals surface area contributed by atoms with Crippen molar-refractivity contribution in [2.75, 3.05) is 28.4 Å². The first-order valence-corrected chi connectivity index (χ1v) is 7.94. The van der Waals surface area contributed by atoms with Gasteiger partial charge in [-0.05, 0) is 34.1 Å². The van der Waals surface area contributed by atoms with Crippen LogP contribution in [-0.2, 0) is 0 Å².